The van der Waals surface area contributed by atoms with Gasteiger partial charge in [0.05, 0.1) is 10.6 Å². The molecule has 5 heteroatoms. The monoisotopic (exact) mass is 298 g/mol. The molecule has 0 aliphatic heterocycles. The van der Waals surface area contributed by atoms with Crippen molar-refractivity contribution in [1.82, 2.24) is 0 Å². The number of hydrogen-bond acceptors (Lipinski definition) is 3. The Balaban J connectivity index is 2.26. The van der Waals surface area contributed by atoms with E-state index in [0.717, 1.165) is 23.0 Å². The predicted molar refractivity (Wildman–Crippen MR) is 71.4 cm³/mol. The Labute approximate surface area is 109 Å². The molecule has 4 nitrogen and oxygen atoms in total. The van der Waals surface area contributed by atoms with Crippen molar-refractivity contribution in [2.24, 2.45) is 0 Å². The summed E-state index contributed by atoms with van der Waals surface area (Å²) in [5.74, 6) is 0. The van der Waals surface area contributed by atoms with E-state index < -0.39 is 0 Å². The zero-order chi connectivity index (χ0) is 12.4. The van der Waals surface area contributed by atoms with Crippen molar-refractivity contribution in [2.45, 2.75) is 38.6 Å². The minimum absolute atomic E-state index is 0.175. The summed E-state index contributed by atoms with van der Waals surface area (Å²) < 4.78 is 0.896. The number of nitro groups is 1. The van der Waals surface area contributed by atoms with Crippen molar-refractivity contribution >= 4 is 27.3 Å². The van der Waals surface area contributed by atoms with Crippen LogP contribution in [0.4, 0.5) is 11.4 Å². The lowest BCUT2D eigenvalue weighted by Gasteiger charge is -2.15. The molecule has 0 amide bonds. The molecule has 1 N–H and O–H groups in total. The third kappa shape index (κ3) is 2.77. The van der Waals surface area contributed by atoms with E-state index in [1.165, 1.54) is 12.8 Å². The molecule has 17 heavy (non-hydrogen) atoms. The first-order valence-electron chi connectivity index (χ1n) is 5.79. The zero-order valence-corrected chi connectivity index (χ0v) is 11.3. The van der Waals surface area contributed by atoms with Crippen LogP contribution in [0.3, 0.4) is 0 Å². The largest absolute Gasteiger partial charge is 0.381 e. The van der Waals surface area contributed by atoms with Crippen LogP contribution in [0.2, 0.25) is 0 Å². The van der Waals surface area contributed by atoms with E-state index in [1.807, 2.05) is 0 Å². The van der Waals surface area contributed by atoms with Crippen molar-refractivity contribution < 1.29 is 4.92 Å². The zero-order valence-electron chi connectivity index (χ0n) is 9.70. The van der Waals surface area contributed by atoms with E-state index in [1.54, 1.807) is 19.1 Å². The number of aryl methyl sites for hydroxylation is 1. The molecule has 1 aromatic carbocycles. The molecule has 0 unspecified atom stereocenters. The number of hydrogen-bond donors (Lipinski definition) is 1. The summed E-state index contributed by atoms with van der Waals surface area (Å²) >= 11 is 3.45. The van der Waals surface area contributed by atoms with Crippen molar-refractivity contribution in [1.29, 1.82) is 0 Å². The van der Waals surface area contributed by atoms with Gasteiger partial charge in [-0.15, -0.1) is 0 Å². The molecule has 92 valence electrons. The van der Waals surface area contributed by atoms with Gasteiger partial charge in [0, 0.05) is 22.1 Å². The summed E-state index contributed by atoms with van der Waals surface area (Å²) in [4.78, 5) is 10.6. The Morgan fingerprint density at radius 2 is 2.06 bits per heavy atom. The number of anilines is 1. The SMILES string of the molecule is Cc1cc(Br)c(NC2CCCC2)cc1[N+](=O)[O-]. The standard InChI is InChI=1S/C12H15BrN2O2/c1-8-6-10(13)11(7-12(8)15(16)17)14-9-4-2-3-5-9/h6-7,9,14H,2-5H2,1H3. The molecule has 0 atom stereocenters. The van der Waals surface area contributed by atoms with Crippen molar-refractivity contribution in [3.05, 3.63) is 32.3 Å². The maximum atomic E-state index is 10.9. The lowest BCUT2D eigenvalue weighted by molar-refractivity contribution is -0.385. The van der Waals surface area contributed by atoms with Gasteiger partial charge in [-0.2, -0.15) is 0 Å². The van der Waals surface area contributed by atoms with Crippen LogP contribution in [0.5, 0.6) is 0 Å². The van der Waals surface area contributed by atoms with Gasteiger partial charge < -0.3 is 5.32 Å². The van der Waals surface area contributed by atoms with Crippen LogP contribution in [-0.4, -0.2) is 11.0 Å². The van der Waals surface area contributed by atoms with Gasteiger partial charge in [-0.1, -0.05) is 12.8 Å². The highest BCUT2D eigenvalue weighted by molar-refractivity contribution is 9.10. The second-order valence-electron chi connectivity index (χ2n) is 4.50. The second-order valence-corrected chi connectivity index (χ2v) is 5.36. The minimum Gasteiger partial charge on any atom is -0.381 e. The van der Waals surface area contributed by atoms with Crippen LogP contribution in [0, 0.1) is 17.0 Å². The molecule has 1 saturated carbocycles. The molecular formula is C12H15BrN2O2. The van der Waals surface area contributed by atoms with Gasteiger partial charge >= 0.3 is 0 Å². The average molecular weight is 299 g/mol. The number of halogens is 1. The third-order valence-electron chi connectivity index (χ3n) is 3.20. The van der Waals surface area contributed by atoms with Gasteiger partial charge in [0.25, 0.3) is 5.69 Å². The van der Waals surface area contributed by atoms with Crippen LogP contribution in [0.1, 0.15) is 31.2 Å². The number of nitrogens with zero attached hydrogens (tertiary/aromatic N) is 1. The van der Waals surface area contributed by atoms with Crippen LogP contribution < -0.4 is 5.32 Å². The van der Waals surface area contributed by atoms with Crippen LogP contribution in [0.25, 0.3) is 0 Å². The lowest BCUT2D eigenvalue weighted by Crippen LogP contribution is -2.15. The minimum atomic E-state index is -0.332. The van der Waals surface area contributed by atoms with Gasteiger partial charge in [-0.05, 0) is 41.8 Å². The second kappa shape index (κ2) is 5.04. The van der Waals surface area contributed by atoms with E-state index in [0.29, 0.717) is 11.6 Å². The number of nitrogens with one attached hydrogen (secondary N) is 1. The predicted octanol–water partition coefficient (Wildman–Crippen LogP) is 4.02. The molecule has 1 aromatic rings. The van der Waals surface area contributed by atoms with Gasteiger partial charge in [0.1, 0.15) is 0 Å². The fraction of sp³-hybridized carbons (Fsp3) is 0.500. The Bertz CT molecular complexity index is 442. The molecule has 1 aliphatic carbocycles. The molecule has 0 bridgehead atoms. The molecule has 0 saturated heterocycles. The molecule has 0 heterocycles. The van der Waals surface area contributed by atoms with Crippen LogP contribution >= 0.6 is 15.9 Å². The highest BCUT2D eigenvalue weighted by Gasteiger charge is 2.19. The van der Waals surface area contributed by atoms with Gasteiger partial charge in [-0.25, -0.2) is 0 Å². The van der Waals surface area contributed by atoms with Crippen molar-refractivity contribution in [3.8, 4) is 0 Å². The number of nitro benzene ring substituents is 1. The third-order valence-corrected chi connectivity index (χ3v) is 3.85. The fourth-order valence-electron chi connectivity index (χ4n) is 2.26. The first-order chi connectivity index (χ1) is 8.08. The van der Waals surface area contributed by atoms with Gasteiger partial charge in [-0.3, -0.25) is 10.1 Å². The molecule has 2 rings (SSSR count). The first kappa shape index (κ1) is 12.4. The lowest BCUT2D eigenvalue weighted by atomic mass is 10.1. The Morgan fingerprint density at radius 3 is 2.65 bits per heavy atom. The molecule has 1 fully saturated rings. The molecular weight excluding hydrogens is 284 g/mol. The Hall–Kier alpha value is -1.10. The van der Waals surface area contributed by atoms with Crippen LogP contribution in [0.15, 0.2) is 16.6 Å². The molecule has 0 radical (unpaired) electrons. The normalized spacial score (nSPS) is 16.1. The molecule has 1 aliphatic rings. The summed E-state index contributed by atoms with van der Waals surface area (Å²) in [5.41, 5.74) is 1.68. The number of rotatable bonds is 3. The highest BCUT2D eigenvalue weighted by Crippen LogP contribution is 2.32. The highest BCUT2D eigenvalue weighted by atomic mass is 79.9. The van der Waals surface area contributed by atoms with Crippen molar-refractivity contribution in [3.63, 3.8) is 0 Å². The summed E-state index contributed by atoms with van der Waals surface area (Å²) in [7, 11) is 0. The fourth-order valence-corrected chi connectivity index (χ4v) is 2.83. The summed E-state index contributed by atoms with van der Waals surface area (Å²) in [5, 5.41) is 14.3. The summed E-state index contributed by atoms with van der Waals surface area (Å²) in [6.07, 6.45) is 4.77. The van der Waals surface area contributed by atoms with Gasteiger partial charge in [0.15, 0.2) is 0 Å². The number of benzene rings is 1. The maximum absolute atomic E-state index is 10.9. The smallest absolute Gasteiger partial charge is 0.274 e. The first-order valence-corrected chi connectivity index (χ1v) is 6.58. The van der Waals surface area contributed by atoms with E-state index in [4.69, 9.17) is 0 Å². The van der Waals surface area contributed by atoms with E-state index in [9.17, 15) is 10.1 Å². The van der Waals surface area contributed by atoms with E-state index in [2.05, 4.69) is 21.2 Å². The quantitative estimate of drug-likeness (QED) is 0.677. The summed E-state index contributed by atoms with van der Waals surface area (Å²) in [6.45, 7) is 1.75. The van der Waals surface area contributed by atoms with Crippen LogP contribution in [-0.2, 0) is 0 Å². The van der Waals surface area contributed by atoms with Crippen molar-refractivity contribution in [2.75, 3.05) is 5.32 Å². The Morgan fingerprint density at radius 1 is 1.41 bits per heavy atom. The molecule has 0 aromatic heterocycles. The summed E-state index contributed by atoms with van der Waals surface area (Å²) in [6, 6.07) is 3.88. The topological polar surface area (TPSA) is 55.2 Å². The van der Waals surface area contributed by atoms with E-state index >= 15 is 0 Å². The average Bonchev–Trinajstić information content (AvgIpc) is 2.74. The Kier molecular flexibility index (Phi) is 3.66. The van der Waals surface area contributed by atoms with Gasteiger partial charge in [0.2, 0.25) is 0 Å². The maximum Gasteiger partial charge on any atom is 0.274 e. The molecule has 0 spiro atoms. The van der Waals surface area contributed by atoms with E-state index in [-0.39, 0.29) is 10.6 Å².